The van der Waals surface area contributed by atoms with E-state index in [1.807, 2.05) is 38.6 Å². The van der Waals surface area contributed by atoms with Crippen LogP contribution in [0.25, 0.3) is 0 Å². The zero-order valence-electron chi connectivity index (χ0n) is 27.0. The molecule has 1 unspecified atom stereocenters. The number of hydrogen-bond acceptors (Lipinski definition) is 7. The van der Waals surface area contributed by atoms with Crippen molar-refractivity contribution >= 4 is 23.4 Å². The van der Waals surface area contributed by atoms with Gasteiger partial charge in [0.05, 0.1) is 12.1 Å². The molecule has 6 nitrogen and oxygen atoms in total. The molecule has 1 aromatic heterocycles. The highest BCUT2D eigenvalue weighted by Crippen LogP contribution is 2.41. The van der Waals surface area contributed by atoms with Gasteiger partial charge in [0, 0.05) is 43.7 Å². The number of anilines is 2. The third kappa shape index (κ3) is 7.69. The first kappa shape index (κ1) is 33.0. The van der Waals surface area contributed by atoms with E-state index in [2.05, 4.69) is 26.6 Å². The van der Waals surface area contributed by atoms with Gasteiger partial charge in [0.2, 0.25) is 0 Å². The number of fused-ring (bicyclic) bond motifs is 9. The van der Waals surface area contributed by atoms with E-state index >= 15 is 8.78 Å². The quantitative estimate of drug-likeness (QED) is 0.341. The summed E-state index contributed by atoms with van der Waals surface area (Å²) in [5.41, 5.74) is 2.03. The zero-order chi connectivity index (χ0) is 31.1. The van der Waals surface area contributed by atoms with Gasteiger partial charge in [-0.1, -0.05) is 64.3 Å². The third-order valence-corrected chi connectivity index (χ3v) is 10.7. The Kier molecular flexibility index (Phi) is 11.4. The molecule has 1 aromatic carbocycles. The summed E-state index contributed by atoms with van der Waals surface area (Å²) in [7, 11) is 0. The minimum absolute atomic E-state index is 0.0630. The Morgan fingerprint density at radius 1 is 0.977 bits per heavy atom. The minimum Gasteiger partial charge on any atom is -0.363 e. The molecule has 0 saturated carbocycles. The first-order valence-corrected chi connectivity index (χ1v) is 18.2. The normalized spacial score (nSPS) is 26.6. The van der Waals surface area contributed by atoms with Crippen molar-refractivity contribution in [2.75, 3.05) is 47.9 Å². The fourth-order valence-corrected chi connectivity index (χ4v) is 8.20. The van der Waals surface area contributed by atoms with Gasteiger partial charge in [-0.05, 0) is 68.2 Å². The van der Waals surface area contributed by atoms with Gasteiger partial charge in [-0.2, -0.15) is 11.8 Å². The Morgan fingerprint density at radius 3 is 2.43 bits per heavy atom. The second kappa shape index (κ2) is 15.3. The Labute approximate surface area is 268 Å². The molecule has 44 heavy (non-hydrogen) atoms. The predicted molar refractivity (Wildman–Crippen MR) is 180 cm³/mol. The average molecular weight is 627 g/mol. The number of hydrogen-bond donors (Lipinski definition) is 1. The fourth-order valence-electron chi connectivity index (χ4n) is 7.12. The zero-order valence-corrected chi connectivity index (χ0v) is 27.9. The predicted octanol–water partition coefficient (Wildman–Crippen LogP) is 8.43. The molecule has 242 valence electrons. The van der Waals surface area contributed by atoms with E-state index in [9.17, 15) is 0 Å². The van der Waals surface area contributed by atoms with Crippen LogP contribution < -0.4 is 10.2 Å². The summed E-state index contributed by atoms with van der Waals surface area (Å²) in [6, 6.07) is 7.25. The lowest BCUT2D eigenvalue weighted by atomic mass is 9.89. The van der Waals surface area contributed by atoms with Crippen molar-refractivity contribution in [3.05, 3.63) is 59.7 Å². The molecule has 0 amide bonds. The number of nitrogens with zero attached hydrogens (tertiary/aromatic N) is 5. The summed E-state index contributed by atoms with van der Waals surface area (Å²) in [6.07, 6.45) is 10.9. The largest absolute Gasteiger partial charge is 0.363 e. The van der Waals surface area contributed by atoms with E-state index in [-0.39, 0.29) is 23.9 Å². The van der Waals surface area contributed by atoms with Crippen LogP contribution in [0.1, 0.15) is 101 Å². The van der Waals surface area contributed by atoms with Crippen molar-refractivity contribution in [2.45, 2.75) is 103 Å². The monoisotopic (exact) mass is 626 g/mol. The molecular formula is C35H52F2N6S. The minimum atomic E-state index is -2.84. The first-order valence-electron chi connectivity index (χ1n) is 17.0. The summed E-state index contributed by atoms with van der Waals surface area (Å²) in [5, 5.41) is 3.59. The Bertz CT molecular complexity index is 1230. The molecule has 2 aromatic rings. The van der Waals surface area contributed by atoms with Crippen molar-refractivity contribution in [3.63, 3.8) is 0 Å². The molecule has 5 aliphatic heterocycles. The molecule has 6 heterocycles. The molecule has 1 N–H and O–H groups in total. The van der Waals surface area contributed by atoms with Crippen LogP contribution in [-0.4, -0.2) is 63.5 Å². The number of benzene rings is 1. The number of rotatable bonds is 1. The van der Waals surface area contributed by atoms with Crippen LogP contribution in [0.5, 0.6) is 0 Å². The molecule has 0 aliphatic carbocycles. The summed E-state index contributed by atoms with van der Waals surface area (Å²) in [4.78, 5) is 16.6. The average Bonchev–Trinajstić information content (AvgIpc) is 3.02. The maximum Gasteiger partial charge on any atom is 0.273 e. The number of thioether (sulfide) groups is 1. The second-order valence-corrected chi connectivity index (χ2v) is 13.9. The lowest BCUT2D eigenvalue weighted by Gasteiger charge is -2.45. The van der Waals surface area contributed by atoms with Crippen LogP contribution in [0.3, 0.4) is 0 Å². The van der Waals surface area contributed by atoms with Crippen LogP contribution in [0.15, 0.2) is 43.0 Å². The topological polar surface area (TPSA) is 47.5 Å². The van der Waals surface area contributed by atoms with E-state index in [1.165, 1.54) is 37.2 Å². The SMILES string of the molecule is C=C1N2CCCCCCCCN3CC(C3)CC(F)(F)c3cccc(c3)C(C)Nc3ncnc2c3CN1C1CCSCC1.CC. The molecule has 8 bridgehead atoms. The standard InChI is InChI=1S/C33H46F2N6S.C2H6/c1-24-27-10-9-11-28(18-27)33(34,35)19-26-20-39(21-26)14-7-5-3-4-6-8-15-40-25(2)41(29-12-16-42-17-13-29)22-30-31(38-24)36-23-37-32(30)40;1-2/h9-11,18,23-24,26,29H,2-8,12-17,19-22H2,1H3,(H,36,37,38);1-2H3. The lowest BCUT2D eigenvalue weighted by molar-refractivity contribution is -0.0568. The van der Waals surface area contributed by atoms with Gasteiger partial charge in [-0.3, -0.25) is 0 Å². The van der Waals surface area contributed by atoms with E-state index in [4.69, 9.17) is 9.97 Å². The Hall–Kier alpha value is -2.39. The first-order chi connectivity index (χ1) is 21.4. The maximum atomic E-state index is 15.5. The van der Waals surface area contributed by atoms with Gasteiger partial charge in [0.25, 0.3) is 5.92 Å². The highest BCUT2D eigenvalue weighted by molar-refractivity contribution is 7.99. The molecule has 0 spiro atoms. The maximum absolute atomic E-state index is 15.5. The summed E-state index contributed by atoms with van der Waals surface area (Å²) in [6.45, 7) is 14.8. The van der Waals surface area contributed by atoms with Crippen LogP contribution in [0, 0.1) is 5.92 Å². The molecule has 5 aliphatic rings. The van der Waals surface area contributed by atoms with E-state index in [0.29, 0.717) is 12.6 Å². The van der Waals surface area contributed by atoms with Crippen molar-refractivity contribution < 1.29 is 8.78 Å². The molecule has 7 rings (SSSR count). The number of aromatic nitrogens is 2. The van der Waals surface area contributed by atoms with Crippen molar-refractivity contribution in [2.24, 2.45) is 5.92 Å². The number of alkyl halides is 2. The smallest absolute Gasteiger partial charge is 0.273 e. The van der Waals surface area contributed by atoms with E-state index in [1.54, 1.807) is 24.5 Å². The van der Waals surface area contributed by atoms with E-state index < -0.39 is 5.92 Å². The van der Waals surface area contributed by atoms with Gasteiger partial charge in [-0.25, -0.2) is 18.7 Å². The summed E-state index contributed by atoms with van der Waals surface area (Å²) >= 11 is 2.03. The van der Waals surface area contributed by atoms with Gasteiger partial charge >= 0.3 is 0 Å². The number of nitrogens with one attached hydrogen (secondary N) is 1. The van der Waals surface area contributed by atoms with Crippen molar-refractivity contribution in [1.82, 2.24) is 19.8 Å². The van der Waals surface area contributed by atoms with Crippen molar-refractivity contribution in [3.8, 4) is 0 Å². The Morgan fingerprint density at radius 2 is 1.68 bits per heavy atom. The van der Waals surface area contributed by atoms with Crippen LogP contribution in [0.4, 0.5) is 20.4 Å². The molecular weight excluding hydrogens is 574 g/mol. The highest BCUT2D eigenvalue weighted by atomic mass is 32.2. The molecule has 2 fully saturated rings. The van der Waals surface area contributed by atoms with Gasteiger partial charge in [0.15, 0.2) is 0 Å². The van der Waals surface area contributed by atoms with Gasteiger partial charge in [0.1, 0.15) is 23.8 Å². The molecule has 0 radical (unpaired) electrons. The van der Waals surface area contributed by atoms with E-state index in [0.717, 1.165) is 80.4 Å². The fraction of sp³-hybridized carbons (Fsp3) is 0.657. The summed E-state index contributed by atoms with van der Waals surface area (Å²) < 4.78 is 30.9. The Balaban J connectivity index is 0.00000188. The van der Waals surface area contributed by atoms with Crippen LogP contribution in [0.2, 0.25) is 0 Å². The number of halogens is 2. The van der Waals surface area contributed by atoms with Crippen LogP contribution >= 0.6 is 11.8 Å². The lowest BCUT2D eigenvalue weighted by Crippen LogP contribution is -2.48. The van der Waals surface area contributed by atoms with Gasteiger partial charge in [-0.15, -0.1) is 0 Å². The molecule has 1 atom stereocenters. The molecule has 9 heteroatoms. The van der Waals surface area contributed by atoms with Crippen LogP contribution in [-0.2, 0) is 12.5 Å². The van der Waals surface area contributed by atoms with Crippen molar-refractivity contribution in [1.29, 1.82) is 0 Å². The second-order valence-electron chi connectivity index (χ2n) is 12.7. The molecule has 2 saturated heterocycles. The summed E-state index contributed by atoms with van der Waals surface area (Å²) in [5.74, 6) is 2.35. The third-order valence-electron chi connectivity index (χ3n) is 9.63. The highest BCUT2D eigenvalue weighted by Gasteiger charge is 2.39. The van der Waals surface area contributed by atoms with Gasteiger partial charge < -0.3 is 20.0 Å².